The molecule has 0 heterocycles. The summed E-state index contributed by atoms with van der Waals surface area (Å²) in [5.41, 5.74) is 0. The topological polar surface area (TPSA) is 0 Å². The van der Waals surface area contributed by atoms with Crippen LogP contribution in [0.1, 0.15) is 13.3 Å². The van der Waals surface area contributed by atoms with E-state index >= 15 is 0 Å². The molecule has 0 aliphatic heterocycles. The molecule has 0 N–H and O–H groups in total. The van der Waals surface area contributed by atoms with Crippen molar-refractivity contribution in [3.05, 3.63) is 43.9 Å². The second kappa shape index (κ2) is 22.5. The quantitative estimate of drug-likeness (QED) is 0.294. The SMILES string of the molecule is C=CCCl.[C-]1=CC=CC1.[CH2-]C.[Hf]. The minimum Gasteiger partial charge on any atom is -0.346 e. The predicted octanol–water partition coefficient (Wildman–Crippen LogP) is 3.55. The molecule has 0 spiro atoms. The first-order valence-electron chi connectivity index (χ1n) is 3.51. The van der Waals surface area contributed by atoms with Gasteiger partial charge in [0.25, 0.3) is 0 Å². The van der Waals surface area contributed by atoms with Gasteiger partial charge in [-0.15, -0.1) is 24.6 Å². The number of rotatable bonds is 1. The molecule has 12 heavy (non-hydrogen) atoms. The summed E-state index contributed by atoms with van der Waals surface area (Å²) in [5.74, 6) is 0.556. The van der Waals surface area contributed by atoms with Crippen LogP contribution < -0.4 is 0 Å². The van der Waals surface area contributed by atoms with E-state index in [1.165, 1.54) is 0 Å². The summed E-state index contributed by atoms with van der Waals surface area (Å²) in [6, 6.07) is 0. The van der Waals surface area contributed by atoms with Gasteiger partial charge < -0.3 is 6.92 Å². The van der Waals surface area contributed by atoms with Gasteiger partial charge in [-0.2, -0.15) is 13.0 Å². The minimum absolute atomic E-state index is 0. The van der Waals surface area contributed by atoms with E-state index in [0.717, 1.165) is 6.42 Å². The van der Waals surface area contributed by atoms with Crippen LogP contribution in [0.15, 0.2) is 30.9 Å². The molecule has 0 nitrogen and oxygen atoms in total. The number of hydrogen-bond donors (Lipinski definition) is 0. The van der Waals surface area contributed by atoms with Crippen molar-refractivity contribution in [2.75, 3.05) is 5.88 Å². The number of halogens is 1. The standard InChI is InChI=1S/C5H5.C3H5Cl.C2H5.Hf/c1-2-4-5-3-1;1-2-3-4;1-2;/h1-3H,4H2;2H,1,3H2;1H2,2H3;/q-1;;-1;. The summed E-state index contributed by atoms with van der Waals surface area (Å²) in [5, 5.41) is 0. The molecule has 0 saturated carbocycles. The third-order valence-electron chi connectivity index (χ3n) is 0.695. The number of hydrogen-bond acceptors (Lipinski definition) is 0. The predicted molar refractivity (Wildman–Crippen MR) is 53.5 cm³/mol. The Kier molecular flexibility index (Phi) is 34.2. The number of allylic oxidation sites excluding steroid dienone is 5. The summed E-state index contributed by atoms with van der Waals surface area (Å²) < 4.78 is 0. The van der Waals surface area contributed by atoms with Crippen LogP contribution in [0.25, 0.3) is 0 Å². The Morgan fingerprint density at radius 1 is 1.67 bits per heavy atom. The van der Waals surface area contributed by atoms with Crippen molar-refractivity contribution in [3.63, 3.8) is 0 Å². The van der Waals surface area contributed by atoms with Gasteiger partial charge in [0.05, 0.1) is 0 Å². The zero-order valence-corrected chi connectivity index (χ0v) is 11.9. The van der Waals surface area contributed by atoms with Gasteiger partial charge >= 0.3 is 0 Å². The zero-order valence-electron chi connectivity index (χ0n) is 7.52. The van der Waals surface area contributed by atoms with Gasteiger partial charge in [0.1, 0.15) is 0 Å². The fourth-order valence-electron chi connectivity index (χ4n) is 0.340. The normalized spacial score (nSPS) is 9.92. The Labute approximate surface area is 100 Å². The summed E-state index contributed by atoms with van der Waals surface area (Å²) in [4.78, 5) is 0. The Balaban J connectivity index is -0.000000107. The van der Waals surface area contributed by atoms with Crippen molar-refractivity contribution in [3.8, 4) is 0 Å². The van der Waals surface area contributed by atoms with Crippen LogP contribution in [0, 0.1) is 13.0 Å². The van der Waals surface area contributed by atoms with E-state index in [0.29, 0.717) is 5.88 Å². The molecule has 0 amide bonds. The van der Waals surface area contributed by atoms with E-state index in [1.54, 1.807) is 13.0 Å². The van der Waals surface area contributed by atoms with Gasteiger partial charge in [-0.05, 0) is 0 Å². The molecule has 1 aliphatic rings. The molecule has 0 atom stereocenters. The first-order chi connectivity index (χ1) is 5.41. The van der Waals surface area contributed by atoms with Crippen LogP contribution in [-0.2, 0) is 25.8 Å². The maximum Gasteiger partial charge on any atom is 0.0401 e. The molecule has 0 unspecified atom stereocenters. The first kappa shape index (κ1) is 18.2. The molecule has 0 aromatic heterocycles. The van der Waals surface area contributed by atoms with E-state index in [4.69, 9.17) is 11.6 Å². The summed E-state index contributed by atoms with van der Waals surface area (Å²) in [6.45, 7) is 8.35. The van der Waals surface area contributed by atoms with Gasteiger partial charge in [0, 0.05) is 31.7 Å². The fourth-order valence-corrected chi connectivity index (χ4v) is 0.340. The van der Waals surface area contributed by atoms with Crippen LogP contribution in [0.3, 0.4) is 0 Å². The van der Waals surface area contributed by atoms with Gasteiger partial charge in [0.15, 0.2) is 0 Å². The minimum atomic E-state index is 0. The molecule has 0 saturated heterocycles. The average molecular weight is 349 g/mol. The smallest absolute Gasteiger partial charge is 0.0401 e. The van der Waals surface area contributed by atoms with E-state index in [2.05, 4.69) is 25.7 Å². The first-order valence-corrected chi connectivity index (χ1v) is 4.04. The molecule has 0 radical (unpaired) electrons. The van der Waals surface area contributed by atoms with Crippen LogP contribution in [0.5, 0.6) is 0 Å². The summed E-state index contributed by atoms with van der Waals surface area (Å²) in [7, 11) is 0. The number of alkyl halides is 1. The molecule has 1 aliphatic carbocycles. The van der Waals surface area contributed by atoms with E-state index in [1.807, 2.05) is 12.2 Å². The fraction of sp³-hybridized carbons (Fsp3) is 0.300. The summed E-state index contributed by atoms with van der Waals surface area (Å²) >= 11 is 5.07. The third kappa shape index (κ3) is 22.4. The van der Waals surface area contributed by atoms with Gasteiger partial charge in [-0.1, -0.05) is 6.08 Å². The molecule has 0 aromatic rings. The molecule has 68 valence electrons. The zero-order chi connectivity index (χ0) is 8.95. The van der Waals surface area contributed by atoms with Crippen LogP contribution >= 0.6 is 11.6 Å². The van der Waals surface area contributed by atoms with Crippen LogP contribution in [-0.4, -0.2) is 5.88 Å². The van der Waals surface area contributed by atoms with Crippen molar-refractivity contribution in [2.45, 2.75) is 13.3 Å². The molecule has 1 rings (SSSR count). The van der Waals surface area contributed by atoms with Crippen LogP contribution in [0.4, 0.5) is 0 Å². The maximum absolute atomic E-state index is 5.07. The largest absolute Gasteiger partial charge is 0.346 e. The second-order valence-electron chi connectivity index (χ2n) is 1.45. The maximum atomic E-state index is 5.07. The summed E-state index contributed by atoms with van der Waals surface area (Å²) in [6.07, 6.45) is 11.6. The third-order valence-corrected chi connectivity index (χ3v) is 0.913. The van der Waals surface area contributed by atoms with Gasteiger partial charge in [-0.3, -0.25) is 6.08 Å². The second-order valence-corrected chi connectivity index (χ2v) is 1.75. The van der Waals surface area contributed by atoms with Gasteiger partial charge in [0.2, 0.25) is 0 Å². The Bertz CT molecular complexity index is 107. The van der Waals surface area contributed by atoms with Gasteiger partial charge in [-0.25, -0.2) is 12.2 Å². The molecule has 0 bridgehead atoms. The van der Waals surface area contributed by atoms with E-state index in [-0.39, 0.29) is 25.8 Å². The van der Waals surface area contributed by atoms with Crippen molar-refractivity contribution in [2.24, 2.45) is 0 Å². The van der Waals surface area contributed by atoms with Crippen molar-refractivity contribution in [1.82, 2.24) is 0 Å². The molecule has 0 fully saturated rings. The monoisotopic (exact) mass is 350 g/mol. The molecule has 2 heteroatoms. The Morgan fingerprint density at radius 3 is 2.25 bits per heavy atom. The van der Waals surface area contributed by atoms with Crippen molar-refractivity contribution < 1.29 is 25.8 Å². The van der Waals surface area contributed by atoms with Crippen molar-refractivity contribution >= 4 is 11.6 Å². The van der Waals surface area contributed by atoms with Crippen LogP contribution in [0.2, 0.25) is 0 Å². The Hall–Kier alpha value is 0.380. The van der Waals surface area contributed by atoms with E-state index < -0.39 is 0 Å². The van der Waals surface area contributed by atoms with Crippen molar-refractivity contribution in [1.29, 1.82) is 0 Å². The molecule has 0 aromatic carbocycles. The molecular formula is C10H15ClHf-2. The van der Waals surface area contributed by atoms with E-state index in [9.17, 15) is 0 Å². The average Bonchev–Trinajstić information content (AvgIpc) is 2.65. The Morgan fingerprint density at radius 2 is 2.17 bits per heavy atom. The molecular weight excluding hydrogens is 334 g/mol.